The molecule has 1 heterocycles. The quantitative estimate of drug-likeness (QED) is 0.502. The summed E-state index contributed by atoms with van der Waals surface area (Å²) in [7, 11) is 1.49. The summed E-state index contributed by atoms with van der Waals surface area (Å²) in [5.74, 6) is -1.76. The summed E-state index contributed by atoms with van der Waals surface area (Å²) in [4.78, 5) is 37.7. The summed E-state index contributed by atoms with van der Waals surface area (Å²) < 4.78 is 1.14. The van der Waals surface area contributed by atoms with Gasteiger partial charge in [0, 0.05) is 23.9 Å². The lowest BCUT2D eigenvalue weighted by Gasteiger charge is -2.16. The zero-order chi connectivity index (χ0) is 22.7. The van der Waals surface area contributed by atoms with E-state index in [0.29, 0.717) is 16.8 Å². The number of benzene rings is 3. The van der Waals surface area contributed by atoms with Crippen LogP contribution in [0.3, 0.4) is 0 Å². The highest BCUT2D eigenvalue weighted by molar-refractivity contribution is 6.10. The number of aryl methyl sites for hydroxylation is 1. The van der Waals surface area contributed by atoms with Crippen molar-refractivity contribution in [3.05, 3.63) is 106 Å². The first kappa shape index (κ1) is 20.7. The number of anilines is 1. The number of hydrogen-bond acceptors (Lipinski definition) is 4. The minimum absolute atomic E-state index is 0.0266. The van der Waals surface area contributed by atoms with Gasteiger partial charge in [-0.05, 0) is 23.8 Å². The number of carbonyl (C=O) groups excluding carboxylic acids is 1. The zero-order valence-electron chi connectivity index (χ0n) is 17.1. The number of aromatic carboxylic acids is 1. The molecule has 2 N–H and O–H groups in total. The van der Waals surface area contributed by atoms with Crippen molar-refractivity contribution >= 4 is 17.6 Å². The molecule has 0 aliphatic rings. The SMILES string of the molecule is Cn1nc(-c2ccccc2)c(-c2ccccc2)c(C(=O)Nc2cccc(C(=O)O)c2)c1=O. The Labute approximate surface area is 183 Å². The van der Waals surface area contributed by atoms with Crippen LogP contribution in [0.4, 0.5) is 5.69 Å². The summed E-state index contributed by atoms with van der Waals surface area (Å²) in [6.45, 7) is 0. The second-order valence-corrected chi connectivity index (χ2v) is 7.10. The van der Waals surface area contributed by atoms with Gasteiger partial charge in [-0.15, -0.1) is 0 Å². The number of aromatic nitrogens is 2. The van der Waals surface area contributed by atoms with Gasteiger partial charge in [-0.3, -0.25) is 9.59 Å². The molecule has 0 saturated heterocycles. The second-order valence-electron chi connectivity index (χ2n) is 7.10. The summed E-state index contributed by atoms with van der Waals surface area (Å²) in [5.41, 5.74) is 1.98. The van der Waals surface area contributed by atoms with Gasteiger partial charge in [-0.2, -0.15) is 5.10 Å². The molecule has 0 atom stereocenters. The highest BCUT2D eigenvalue weighted by Gasteiger charge is 2.24. The van der Waals surface area contributed by atoms with E-state index in [1.807, 2.05) is 60.7 Å². The van der Waals surface area contributed by atoms with Gasteiger partial charge in [0.15, 0.2) is 0 Å². The minimum atomic E-state index is -1.11. The maximum atomic E-state index is 13.3. The summed E-state index contributed by atoms with van der Waals surface area (Å²) in [6, 6.07) is 24.3. The molecule has 0 bridgehead atoms. The van der Waals surface area contributed by atoms with Crippen molar-refractivity contribution in [2.45, 2.75) is 0 Å². The highest BCUT2D eigenvalue weighted by Crippen LogP contribution is 2.32. The average Bonchev–Trinajstić information content (AvgIpc) is 2.81. The fourth-order valence-electron chi connectivity index (χ4n) is 3.45. The molecule has 0 spiro atoms. The normalized spacial score (nSPS) is 10.5. The molecule has 7 heteroatoms. The van der Waals surface area contributed by atoms with E-state index in [2.05, 4.69) is 10.4 Å². The molecule has 7 nitrogen and oxygen atoms in total. The van der Waals surface area contributed by atoms with Crippen LogP contribution >= 0.6 is 0 Å². The van der Waals surface area contributed by atoms with Crippen molar-refractivity contribution in [3.8, 4) is 22.4 Å². The highest BCUT2D eigenvalue weighted by atomic mass is 16.4. The van der Waals surface area contributed by atoms with Crippen molar-refractivity contribution < 1.29 is 14.7 Å². The third-order valence-electron chi connectivity index (χ3n) is 4.95. The van der Waals surface area contributed by atoms with E-state index in [1.165, 1.54) is 25.2 Å². The fourth-order valence-corrected chi connectivity index (χ4v) is 3.45. The Morgan fingerprint density at radius 2 is 1.50 bits per heavy atom. The van der Waals surface area contributed by atoms with Crippen LogP contribution in [-0.4, -0.2) is 26.8 Å². The Balaban J connectivity index is 1.92. The number of hydrogen-bond donors (Lipinski definition) is 2. The number of carboxylic acids is 1. The van der Waals surface area contributed by atoms with Gasteiger partial charge < -0.3 is 10.4 Å². The molecule has 3 aromatic carbocycles. The van der Waals surface area contributed by atoms with E-state index in [1.54, 1.807) is 6.07 Å². The third kappa shape index (κ3) is 4.04. The predicted octanol–water partition coefficient (Wildman–Crippen LogP) is 4.06. The van der Waals surface area contributed by atoms with Gasteiger partial charge in [0.1, 0.15) is 5.56 Å². The minimum Gasteiger partial charge on any atom is -0.478 e. The maximum absolute atomic E-state index is 13.3. The fraction of sp³-hybridized carbons (Fsp3) is 0.0400. The molecular weight excluding hydrogens is 406 g/mol. The monoisotopic (exact) mass is 425 g/mol. The van der Waals surface area contributed by atoms with E-state index in [0.717, 1.165) is 10.2 Å². The van der Waals surface area contributed by atoms with E-state index < -0.39 is 17.4 Å². The number of nitrogens with zero attached hydrogens (tertiary/aromatic N) is 2. The van der Waals surface area contributed by atoms with Crippen molar-refractivity contribution in [1.29, 1.82) is 0 Å². The molecule has 0 unspecified atom stereocenters. The molecule has 4 rings (SSSR count). The lowest BCUT2D eigenvalue weighted by Crippen LogP contribution is -2.31. The van der Waals surface area contributed by atoms with Gasteiger partial charge in [0.25, 0.3) is 11.5 Å². The van der Waals surface area contributed by atoms with Gasteiger partial charge in [-0.25, -0.2) is 9.48 Å². The predicted molar refractivity (Wildman–Crippen MR) is 122 cm³/mol. The van der Waals surface area contributed by atoms with E-state index in [4.69, 9.17) is 0 Å². The Morgan fingerprint density at radius 1 is 0.875 bits per heavy atom. The third-order valence-corrected chi connectivity index (χ3v) is 4.95. The van der Waals surface area contributed by atoms with Crippen molar-refractivity contribution in [3.63, 3.8) is 0 Å². The van der Waals surface area contributed by atoms with E-state index >= 15 is 0 Å². The largest absolute Gasteiger partial charge is 0.478 e. The first-order chi connectivity index (χ1) is 15.5. The molecular formula is C25H19N3O4. The Bertz CT molecular complexity index is 1360. The lowest BCUT2D eigenvalue weighted by molar-refractivity contribution is 0.0696. The van der Waals surface area contributed by atoms with E-state index in [-0.39, 0.29) is 16.8 Å². The standard InChI is InChI=1S/C25H19N3O4/c1-28-24(30)21(23(29)26-19-14-8-13-18(15-19)25(31)32)20(16-9-4-2-5-10-16)22(27-28)17-11-6-3-7-12-17/h2-15H,1H3,(H,26,29)(H,31,32). The molecule has 1 aromatic heterocycles. The van der Waals surface area contributed by atoms with Crippen LogP contribution in [-0.2, 0) is 7.05 Å². The summed E-state index contributed by atoms with van der Waals surface area (Å²) in [6.07, 6.45) is 0. The van der Waals surface area contributed by atoms with Gasteiger partial charge in [0.2, 0.25) is 0 Å². The molecule has 0 fully saturated rings. The second kappa shape index (κ2) is 8.69. The summed E-state index contributed by atoms with van der Waals surface area (Å²) in [5, 5.41) is 16.3. The lowest BCUT2D eigenvalue weighted by atomic mass is 9.95. The number of carbonyl (C=O) groups is 2. The smallest absolute Gasteiger partial charge is 0.335 e. The van der Waals surface area contributed by atoms with Crippen LogP contribution < -0.4 is 10.9 Å². The van der Waals surface area contributed by atoms with Crippen LogP contribution in [0.1, 0.15) is 20.7 Å². The maximum Gasteiger partial charge on any atom is 0.335 e. The van der Waals surface area contributed by atoms with Crippen molar-refractivity contribution in [2.24, 2.45) is 7.05 Å². The van der Waals surface area contributed by atoms with E-state index in [9.17, 15) is 19.5 Å². The van der Waals surface area contributed by atoms with Crippen molar-refractivity contribution in [1.82, 2.24) is 9.78 Å². The van der Waals surface area contributed by atoms with Gasteiger partial charge in [0.05, 0.1) is 11.3 Å². The molecule has 0 saturated carbocycles. The Kier molecular flexibility index (Phi) is 5.63. The molecule has 158 valence electrons. The average molecular weight is 425 g/mol. The molecule has 32 heavy (non-hydrogen) atoms. The van der Waals surface area contributed by atoms with Crippen LogP contribution in [0, 0.1) is 0 Å². The zero-order valence-corrected chi connectivity index (χ0v) is 17.1. The molecule has 4 aromatic rings. The number of carboxylic acid groups (broad SMARTS) is 1. The van der Waals surface area contributed by atoms with Crippen LogP contribution in [0.25, 0.3) is 22.4 Å². The first-order valence-electron chi connectivity index (χ1n) is 9.82. The Hall–Kier alpha value is -4.52. The van der Waals surface area contributed by atoms with Crippen LogP contribution in [0.2, 0.25) is 0 Å². The van der Waals surface area contributed by atoms with Crippen LogP contribution in [0.15, 0.2) is 89.7 Å². The number of amides is 1. The number of nitrogens with one attached hydrogen (secondary N) is 1. The molecule has 0 aliphatic heterocycles. The van der Waals surface area contributed by atoms with Gasteiger partial charge in [-0.1, -0.05) is 66.7 Å². The van der Waals surface area contributed by atoms with Crippen molar-refractivity contribution in [2.75, 3.05) is 5.32 Å². The first-order valence-corrected chi connectivity index (χ1v) is 9.82. The molecule has 1 amide bonds. The molecule has 0 aliphatic carbocycles. The summed E-state index contributed by atoms with van der Waals surface area (Å²) >= 11 is 0. The van der Waals surface area contributed by atoms with Gasteiger partial charge >= 0.3 is 5.97 Å². The van der Waals surface area contributed by atoms with Crippen LogP contribution in [0.5, 0.6) is 0 Å². The topological polar surface area (TPSA) is 101 Å². The molecule has 0 radical (unpaired) electrons. The Morgan fingerprint density at radius 3 is 2.12 bits per heavy atom. The number of rotatable bonds is 5.